The van der Waals surface area contributed by atoms with Crippen molar-refractivity contribution >= 4 is 5.97 Å². The van der Waals surface area contributed by atoms with Gasteiger partial charge in [0.25, 0.3) is 0 Å². The third-order valence-electron chi connectivity index (χ3n) is 2.47. The molecule has 0 spiro atoms. The fourth-order valence-electron chi connectivity index (χ4n) is 1.31. The van der Waals surface area contributed by atoms with Gasteiger partial charge in [0.15, 0.2) is 0 Å². The lowest BCUT2D eigenvalue weighted by Crippen LogP contribution is -2.07. The molecule has 0 aromatic heterocycles. The number of carbonyl (C=O) groups is 1. The maximum atomic E-state index is 10.7. The average molecular weight is 222 g/mol. The molecule has 0 fully saturated rings. The van der Waals surface area contributed by atoms with Crippen molar-refractivity contribution in [3.8, 4) is 0 Å². The van der Waals surface area contributed by atoms with Crippen LogP contribution in [-0.4, -0.2) is 11.1 Å². The molecule has 1 aromatic carbocycles. The highest BCUT2D eigenvalue weighted by Crippen LogP contribution is 2.19. The largest absolute Gasteiger partial charge is 0.481 e. The molecule has 0 aliphatic heterocycles. The Labute approximate surface area is 98.3 Å². The van der Waals surface area contributed by atoms with Gasteiger partial charge in [-0.3, -0.25) is 4.79 Å². The van der Waals surface area contributed by atoms with Crippen molar-refractivity contribution in [3.63, 3.8) is 0 Å². The Balaban J connectivity index is 0.00000106. The molecule has 1 N–H and O–H groups in total. The Hall–Kier alpha value is -1.31. The van der Waals surface area contributed by atoms with E-state index in [0.717, 1.165) is 5.56 Å². The zero-order chi connectivity index (χ0) is 12.7. The molecule has 0 heterocycles. The van der Waals surface area contributed by atoms with Gasteiger partial charge in [0.1, 0.15) is 0 Å². The van der Waals surface area contributed by atoms with Crippen molar-refractivity contribution in [2.24, 2.45) is 0 Å². The van der Waals surface area contributed by atoms with Crippen molar-refractivity contribution < 1.29 is 9.90 Å². The zero-order valence-corrected chi connectivity index (χ0v) is 10.8. The first-order chi connectivity index (χ1) is 7.52. The van der Waals surface area contributed by atoms with Crippen LogP contribution in [0.4, 0.5) is 0 Å². The fourth-order valence-corrected chi connectivity index (χ4v) is 1.31. The summed E-state index contributed by atoms with van der Waals surface area (Å²) < 4.78 is 0. The number of carboxylic acids is 1. The van der Waals surface area contributed by atoms with Gasteiger partial charge in [0.05, 0.1) is 5.92 Å². The molecule has 0 aliphatic carbocycles. The maximum Gasteiger partial charge on any atom is 0.310 e. The minimum absolute atomic E-state index is 0.420. The van der Waals surface area contributed by atoms with Crippen LogP contribution in [0.25, 0.3) is 0 Å². The predicted octanol–water partition coefficient (Wildman–Crippen LogP) is 4.02. The number of aliphatic carboxylic acids is 1. The van der Waals surface area contributed by atoms with Crippen LogP contribution < -0.4 is 0 Å². The summed E-state index contributed by atoms with van der Waals surface area (Å²) in [6, 6.07) is 7.79. The van der Waals surface area contributed by atoms with Gasteiger partial charge in [0.2, 0.25) is 0 Å². The van der Waals surface area contributed by atoms with Gasteiger partial charge >= 0.3 is 5.97 Å². The van der Waals surface area contributed by atoms with E-state index in [4.69, 9.17) is 5.11 Å². The molecule has 16 heavy (non-hydrogen) atoms. The number of rotatable bonds is 3. The van der Waals surface area contributed by atoms with E-state index in [1.54, 1.807) is 6.92 Å². The van der Waals surface area contributed by atoms with Gasteiger partial charge in [-0.15, -0.1) is 0 Å². The van der Waals surface area contributed by atoms with Crippen LogP contribution in [0.5, 0.6) is 0 Å². The van der Waals surface area contributed by atoms with E-state index in [9.17, 15) is 4.79 Å². The molecule has 1 rings (SSSR count). The minimum atomic E-state index is -0.776. The molecule has 0 bridgehead atoms. The minimum Gasteiger partial charge on any atom is -0.481 e. The van der Waals surface area contributed by atoms with Crippen LogP contribution in [-0.2, 0) is 4.79 Å². The molecule has 90 valence electrons. The van der Waals surface area contributed by atoms with Gasteiger partial charge in [-0.25, -0.2) is 0 Å². The molecule has 1 unspecified atom stereocenters. The molecular weight excluding hydrogens is 200 g/mol. The van der Waals surface area contributed by atoms with Crippen molar-refractivity contribution in [1.82, 2.24) is 0 Å². The molecule has 1 aromatic rings. The first kappa shape index (κ1) is 14.7. The van der Waals surface area contributed by atoms with Gasteiger partial charge < -0.3 is 5.11 Å². The summed E-state index contributed by atoms with van der Waals surface area (Å²) in [5, 5.41) is 8.81. The molecule has 2 heteroatoms. The van der Waals surface area contributed by atoms with Crippen LogP contribution in [0, 0.1) is 0 Å². The van der Waals surface area contributed by atoms with E-state index < -0.39 is 11.9 Å². The summed E-state index contributed by atoms with van der Waals surface area (Å²) in [6.07, 6.45) is 0. The standard InChI is InChI=1S/C12H16O2.C2H6/c1-8(2)10-4-6-11(7-5-10)9(3)12(13)14;1-2/h4-9H,1-3H3,(H,13,14);1-2H3. The predicted molar refractivity (Wildman–Crippen MR) is 67.9 cm³/mol. The Kier molecular flexibility index (Phi) is 6.47. The third-order valence-corrected chi connectivity index (χ3v) is 2.47. The summed E-state index contributed by atoms with van der Waals surface area (Å²) in [7, 11) is 0. The Bertz CT molecular complexity index is 312. The second kappa shape index (κ2) is 7.04. The summed E-state index contributed by atoms with van der Waals surface area (Å²) in [5.74, 6) is -0.706. The quantitative estimate of drug-likeness (QED) is 0.838. The number of hydrogen-bond acceptors (Lipinski definition) is 1. The van der Waals surface area contributed by atoms with Gasteiger partial charge in [0, 0.05) is 0 Å². The molecule has 0 saturated heterocycles. The van der Waals surface area contributed by atoms with E-state index >= 15 is 0 Å². The van der Waals surface area contributed by atoms with Crippen molar-refractivity contribution in [3.05, 3.63) is 35.4 Å². The van der Waals surface area contributed by atoms with Crippen LogP contribution in [0.3, 0.4) is 0 Å². The zero-order valence-electron chi connectivity index (χ0n) is 10.8. The summed E-state index contributed by atoms with van der Waals surface area (Å²) in [5.41, 5.74) is 2.10. The van der Waals surface area contributed by atoms with Crippen LogP contribution in [0.1, 0.15) is 57.6 Å². The molecule has 0 saturated carbocycles. The second-order valence-corrected chi connectivity index (χ2v) is 3.88. The lowest BCUT2D eigenvalue weighted by molar-refractivity contribution is -0.138. The van der Waals surface area contributed by atoms with E-state index in [1.807, 2.05) is 38.1 Å². The Morgan fingerprint density at radius 2 is 1.38 bits per heavy atom. The van der Waals surface area contributed by atoms with Crippen LogP contribution >= 0.6 is 0 Å². The van der Waals surface area contributed by atoms with Crippen LogP contribution in [0.2, 0.25) is 0 Å². The van der Waals surface area contributed by atoms with E-state index in [-0.39, 0.29) is 0 Å². The summed E-state index contributed by atoms with van der Waals surface area (Å²) >= 11 is 0. The highest BCUT2D eigenvalue weighted by molar-refractivity contribution is 5.75. The lowest BCUT2D eigenvalue weighted by atomic mass is 9.96. The normalized spacial score (nSPS) is 11.6. The lowest BCUT2D eigenvalue weighted by Gasteiger charge is -2.09. The Morgan fingerprint density at radius 3 is 1.69 bits per heavy atom. The van der Waals surface area contributed by atoms with Crippen molar-refractivity contribution in [2.75, 3.05) is 0 Å². The SMILES string of the molecule is CC.CC(C)c1ccc(C(C)C(=O)O)cc1. The van der Waals surface area contributed by atoms with Crippen LogP contribution in [0.15, 0.2) is 24.3 Å². The van der Waals surface area contributed by atoms with E-state index in [2.05, 4.69) is 13.8 Å². The Morgan fingerprint density at radius 1 is 1.00 bits per heavy atom. The van der Waals surface area contributed by atoms with E-state index in [0.29, 0.717) is 5.92 Å². The molecule has 0 aliphatic rings. The smallest absolute Gasteiger partial charge is 0.310 e. The number of hydrogen-bond donors (Lipinski definition) is 1. The third kappa shape index (κ3) is 4.05. The highest BCUT2D eigenvalue weighted by Gasteiger charge is 2.13. The van der Waals surface area contributed by atoms with Gasteiger partial charge in [-0.05, 0) is 24.0 Å². The fraction of sp³-hybridized carbons (Fsp3) is 0.500. The number of carboxylic acid groups (broad SMARTS) is 1. The number of benzene rings is 1. The molecule has 0 radical (unpaired) electrons. The summed E-state index contributed by atoms with van der Waals surface area (Å²) in [6.45, 7) is 9.94. The topological polar surface area (TPSA) is 37.3 Å². The molecule has 0 amide bonds. The first-order valence-electron chi connectivity index (χ1n) is 5.85. The monoisotopic (exact) mass is 222 g/mol. The van der Waals surface area contributed by atoms with Gasteiger partial charge in [-0.1, -0.05) is 52.0 Å². The molecule has 1 atom stereocenters. The average Bonchev–Trinajstić information content (AvgIpc) is 2.30. The van der Waals surface area contributed by atoms with E-state index in [1.165, 1.54) is 5.56 Å². The highest BCUT2D eigenvalue weighted by atomic mass is 16.4. The van der Waals surface area contributed by atoms with Crippen molar-refractivity contribution in [2.45, 2.75) is 46.5 Å². The molecular formula is C14H22O2. The summed E-state index contributed by atoms with van der Waals surface area (Å²) in [4.78, 5) is 10.7. The van der Waals surface area contributed by atoms with Gasteiger partial charge in [-0.2, -0.15) is 0 Å². The van der Waals surface area contributed by atoms with Crippen molar-refractivity contribution in [1.29, 1.82) is 0 Å². The molecule has 2 nitrogen and oxygen atoms in total. The maximum absolute atomic E-state index is 10.7. The first-order valence-corrected chi connectivity index (χ1v) is 5.85. The second-order valence-electron chi connectivity index (χ2n) is 3.88.